The smallest absolute Gasteiger partial charge is 0.337 e. The summed E-state index contributed by atoms with van der Waals surface area (Å²) in [5, 5.41) is 2.66. The van der Waals surface area contributed by atoms with Crippen LogP contribution in [0, 0.1) is 0 Å². The number of ether oxygens (including phenoxy) is 1. The van der Waals surface area contributed by atoms with Crippen molar-refractivity contribution < 1.29 is 23.9 Å². The van der Waals surface area contributed by atoms with Gasteiger partial charge in [-0.15, -0.1) is 0 Å². The van der Waals surface area contributed by atoms with E-state index in [0.29, 0.717) is 12.2 Å². The number of nitrogens with zero attached hydrogens (tertiary/aromatic N) is 2. The zero-order chi connectivity index (χ0) is 26.8. The number of amides is 3. The number of halogens is 1. The van der Waals surface area contributed by atoms with Gasteiger partial charge in [-0.05, 0) is 60.4 Å². The van der Waals surface area contributed by atoms with Crippen molar-refractivity contribution in [1.82, 2.24) is 0 Å². The van der Waals surface area contributed by atoms with Crippen LogP contribution in [0.25, 0.3) is 0 Å². The van der Waals surface area contributed by atoms with Gasteiger partial charge in [0.25, 0.3) is 11.8 Å². The molecule has 0 unspecified atom stereocenters. The highest BCUT2D eigenvalue weighted by Gasteiger charge is 2.39. The molecule has 2 aliphatic rings. The van der Waals surface area contributed by atoms with Crippen LogP contribution < -0.4 is 15.1 Å². The van der Waals surface area contributed by atoms with Crippen LogP contribution in [0.15, 0.2) is 83.5 Å². The molecule has 8 nitrogen and oxygen atoms in total. The summed E-state index contributed by atoms with van der Waals surface area (Å²) < 4.78 is 4.71. The lowest BCUT2D eigenvalue weighted by molar-refractivity contribution is -0.120. The van der Waals surface area contributed by atoms with E-state index in [0.717, 1.165) is 29.0 Å². The van der Waals surface area contributed by atoms with Crippen LogP contribution in [-0.2, 0) is 32.0 Å². The number of aryl methyl sites for hydroxylation is 1. The Morgan fingerprint density at radius 3 is 2.50 bits per heavy atom. The van der Waals surface area contributed by atoms with Gasteiger partial charge in [0.1, 0.15) is 10.7 Å². The lowest BCUT2D eigenvalue weighted by atomic mass is 10.0. The van der Waals surface area contributed by atoms with Crippen molar-refractivity contribution in [3.8, 4) is 0 Å². The summed E-state index contributed by atoms with van der Waals surface area (Å²) in [4.78, 5) is 53.6. The third kappa shape index (κ3) is 4.78. The lowest BCUT2D eigenvalue weighted by Crippen LogP contribution is -2.36. The van der Waals surface area contributed by atoms with E-state index < -0.39 is 17.8 Å². The molecule has 3 amide bonds. The molecule has 0 aliphatic carbocycles. The molecular weight excluding hydrogens is 506 g/mol. The van der Waals surface area contributed by atoms with Crippen molar-refractivity contribution >= 4 is 52.4 Å². The molecule has 0 radical (unpaired) electrons. The maximum atomic E-state index is 13.1. The van der Waals surface area contributed by atoms with Crippen LogP contribution in [0.5, 0.6) is 0 Å². The van der Waals surface area contributed by atoms with Gasteiger partial charge in [-0.3, -0.25) is 14.4 Å². The van der Waals surface area contributed by atoms with Gasteiger partial charge < -0.3 is 15.0 Å². The Balaban J connectivity index is 1.28. The van der Waals surface area contributed by atoms with Crippen molar-refractivity contribution in [2.75, 3.05) is 28.8 Å². The Labute approximate surface area is 224 Å². The molecule has 0 aromatic heterocycles. The van der Waals surface area contributed by atoms with E-state index in [1.54, 1.807) is 30.3 Å². The summed E-state index contributed by atoms with van der Waals surface area (Å²) in [6, 6.07) is 21.0. The number of hydrogen-bond acceptors (Lipinski definition) is 6. The first-order chi connectivity index (χ1) is 18.4. The van der Waals surface area contributed by atoms with Crippen molar-refractivity contribution in [1.29, 1.82) is 0 Å². The van der Waals surface area contributed by atoms with Crippen LogP contribution in [-0.4, -0.2) is 37.3 Å². The third-order valence-corrected chi connectivity index (χ3v) is 6.89. The quantitative estimate of drug-likeness (QED) is 0.375. The number of nitrogens with one attached hydrogen (secondary N) is 1. The zero-order valence-electron chi connectivity index (χ0n) is 20.6. The normalized spacial score (nSPS) is 15.0. The van der Waals surface area contributed by atoms with Gasteiger partial charge in [0.15, 0.2) is 0 Å². The topological polar surface area (TPSA) is 96.0 Å². The molecule has 0 bridgehead atoms. The van der Waals surface area contributed by atoms with Gasteiger partial charge in [0, 0.05) is 17.9 Å². The predicted octanol–water partition coefficient (Wildman–Crippen LogP) is 4.43. The monoisotopic (exact) mass is 529 g/mol. The molecule has 9 heteroatoms. The van der Waals surface area contributed by atoms with Gasteiger partial charge in [-0.2, -0.15) is 0 Å². The van der Waals surface area contributed by atoms with E-state index >= 15 is 0 Å². The number of carbonyl (C=O) groups is 4. The number of hydrogen-bond donors (Lipinski definition) is 1. The lowest BCUT2D eigenvalue weighted by Gasteiger charge is -2.29. The number of benzene rings is 3. The summed E-state index contributed by atoms with van der Waals surface area (Å²) in [6.07, 6.45) is 2.13. The molecule has 38 heavy (non-hydrogen) atoms. The zero-order valence-corrected chi connectivity index (χ0v) is 21.3. The second-order valence-corrected chi connectivity index (χ2v) is 9.33. The fraction of sp³-hybridized carbons (Fsp3) is 0.172. The van der Waals surface area contributed by atoms with Crippen molar-refractivity contribution in [3.05, 3.63) is 100 Å². The average molecular weight is 530 g/mol. The number of rotatable bonds is 6. The number of esters is 1. The minimum absolute atomic E-state index is 0.0185. The minimum atomic E-state index is -0.704. The van der Waals surface area contributed by atoms with Crippen LogP contribution in [0.4, 0.5) is 17.1 Å². The Morgan fingerprint density at radius 1 is 0.974 bits per heavy atom. The van der Waals surface area contributed by atoms with Gasteiger partial charge in [-0.1, -0.05) is 48.0 Å². The molecule has 3 aromatic carbocycles. The summed E-state index contributed by atoms with van der Waals surface area (Å²) in [5.74, 6) is -1.92. The molecular formula is C29H24ClN3O5. The van der Waals surface area contributed by atoms with E-state index in [2.05, 4.69) is 11.4 Å². The highest BCUT2D eigenvalue weighted by molar-refractivity contribution is 6.53. The van der Waals surface area contributed by atoms with Crippen LogP contribution in [0.1, 0.15) is 27.9 Å². The second-order valence-electron chi connectivity index (χ2n) is 8.95. The van der Waals surface area contributed by atoms with Gasteiger partial charge >= 0.3 is 5.97 Å². The summed E-state index contributed by atoms with van der Waals surface area (Å²) in [5.41, 5.74) is 3.82. The number of anilines is 3. The molecule has 0 fully saturated rings. The molecule has 0 atom stereocenters. The molecule has 192 valence electrons. The molecule has 0 spiro atoms. The Bertz CT molecular complexity index is 1480. The van der Waals surface area contributed by atoms with Crippen molar-refractivity contribution in [2.24, 2.45) is 0 Å². The van der Waals surface area contributed by atoms with E-state index in [4.69, 9.17) is 16.3 Å². The molecule has 2 aliphatic heterocycles. The van der Waals surface area contributed by atoms with Gasteiger partial charge in [0.2, 0.25) is 5.91 Å². The Morgan fingerprint density at radius 2 is 1.74 bits per heavy atom. The van der Waals surface area contributed by atoms with Crippen molar-refractivity contribution in [3.63, 3.8) is 0 Å². The fourth-order valence-corrected chi connectivity index (χ4v) is 4.86. The second kappa shape index (κ2) is 10.5. The number of para-hydroxylation sites is 1. The van der Waals surface area contributed by atoms with E-state index in [1.165, 1.54) is 30.9 Å². The number of fused-ring (bicyclic) bond motifs is 1. The first-order valence-electron chi connectivity index (χ1n) is 12.1. The van der Waals surface area contributed by atoms with Crippen LogP contribution in [0.2, 0.25) is 0 Å². The summed E-state index contributed by atoms with van der Waals surface area (Å²) in [6.45, 7) is 0.692. The first-order valence-corrected chi connectivity index (χ1v) is 12.5. The highest BCUT2D eigenvalue weighted by Crippen LogP contribution is 2.31. The van der Waals surface area contributed by atoms with Crippen LogP contribution >= 0.6 is 11.6 Å². The molecule has 2 heterocycles. The third-order valence-electron chi connectivity index (χ3n) is 6.54. The van der Waals surface area contributed by atoms with Crippen molar-refractivity contribution in [2.45, 2.75) is 19.3 Å². The predicted molar refractivity (Wildman–Crippen MR) is 144 cm³/mol. The Kier molecular flexibility index (Phi) is 6.98. The highest BCUT2D eigenvalue weighted by atomic mass is 35.5. The van der Waals surface area contributed by atoms with Gasteiger partial charge in [-0.25, -0.2) is 9.69 Å². The largest absolute Gasteiger partial charge is 0.465 e. The van der Waals surface area contributed by atoms with E-state index in [-0.39, 0.29) is 34.3 Å². The summed E-state index contributed by atoms with van der Waals surface area (Å²) in [7, 11) is 1.25. The molecule has 0 saturated heterocycles. The van der Waals surface area contributed by atoms with Crippen LogP contribution in [0.3, 0.4) is 0 Å². The standard InChI is InChI=1S/C29H24ClN3O5/c1-38-29(37)20-7-4-9-22(17-20)33-27(35)25(30)26(28(33)36)31-21-13-11-18(12-14-21)16-24(34)32-15-5-8-19-6-2-3-10-23(19)32/h2-4,6-7,9-14,17,31H,5,8,15-16H2,1H3. The summed E-state index contributed by atoms with van der Waals surface area (Å²) >= 11 is 6.24. The number of methoxy groups -OCH3 is 1. The van der Waals surface area contributed by atoms with E-state index in [1.807, 2.05) is 23.1 Å². The minimum Gasteiger partial charge on any atom is -0.465 e. The van der Waals surface area contributed by atoms with E-state index in [9.17, 15) is 19.2 Å². The number of carbonyl (C=O) groups excluding carboxylic acids is 4. The molecule has 5 rings (SSSR count). The first kappa shape index (κ1) is 25.2. The molecule has 1 N–H and O–H groups in total. The maximum Gasteiger partial charge on any atom is 0.337 e. The SMILES string of the molecule is COC(=O)c1cccc(N2C(=O)C(Cl)=C(Nc3ccc(CC(=O)N4CCCc5ccccc54)cc3)C2=O)c1. The van der Waals surface area contributed by atoms with Gasteiger partial charge in [0.05, 0.1) is 24.8 Å². The fourth-order valence-electron chi connectivity index (χ4n) is 4.65. The molecule has 3 aromatic rings. The Hall–Kier alpha value is -4.43. The maximum absolute atomic E-state index is 13.1. The number of imide groups is 1. The average Bonchev–Trinajstić information content (AvgIpc) is 3.16. The molecule has 0 saturated carbocycles.